The molecule has 2 aliphatic heterocycles. The number of benzene rings is 1. The summed E-state index contributed by atoms with van der Waals surface area (Å²) in [7, 11) is 0. The number of rotatable bonds is 5. The van der Waals surface area contributed by atoms with Gasteiger partial charge in [0, 0.05) is 25.9 Å². The van der Waals surface area contributed by atoms with Gasteiger partial charge < -0.3 is 19.5 Å². The number of amides is 1. The molecule has 1 aromatic rings. The van der Waals surface area contributed by atoms with E-state index in [1.807, 2.05) is 31.2 Å². The first-order valence-electron chi connectivity index (χ1n) is 8.23. The Bertz CT molecular complexity index is 533. The average molecular weight is 320 g/mol. The molecule has 1 N–H and O–H groups in total. The SMILES string of the molecule is CCOc1ccccc1NC(=O)CN1CCC2(CC1)OCCO2. The summed E-state index contributed by atoms with van der Waals surface area (Å²) in [5.41, 5.74) is 0.718. The molecule has 2 heterocycles. The summed E-state index contributed by atoms with van der Waals surface area (Å²) in [5.74, 6) is 0.282. The largest absolute Gasteiger partial charge is 0.492 e. The van der Waals surface area contributed by atoms with Crippen molar-refractivity contribution >= 4 is 11.6 Å². The Kier molecular flexibility index (Phi) is 5.15. The van der Waals surface area contributed by atoms with Crippen LogP contribution in [0.1, 0.15) is 19.8 Å². The Labute approximate surface area is 136 Å². The topological polar surface area (TPSA) is 60.0 Å². The number of anilines is 1. The Morgan fingerprint density at radius 1 is 1.26 bits per heavy atom. The van der Waals surface area contributed by atoms with Crippen LogP contribution in [0.5, 0.6) is 5.75 Å². The van der Waals surface area contributed by atoms with Crippen LogP contribution in [-0.4, -0.2) is 56.0 Å². The van der Waals surface area contributed by atoms with E-state index in [-0.39, 0.29) is 5.91 Å². The lowest BCUT2D eigenvalue weighted by molar-refractivity contribution is -0.185. The number of hydrogen-bond donors (Lipinski definition) is 1. The number of ether oxygens (including phenoxy) is 3. The van der Waals surface area contributed by atoms with E-state index in [2.05, 4.69) is 10.2 Å². The molecule has 0 atom stereocenters. The third kappa shape index (κ3) is 4.02. The maximum atomic E-state index is 12.3. The molecule has 0 aromatic heterocycles. The normalized spacial score (nSPS) is 20.6. The average Bonchev–Trinajstić information content (AvgIpc) is 3.00. The van der Waals surface area contributed by atoms with Crippen LogP contribution in [0, 0.1) is 0 Å². The van der Waals surface area contributed by atoms with Gasteiger partial charge in [0.15, 0.2) is 5.79 Å². The summed E-state index contributed by atoms with van der Waals surface area (Å²) in [6.07, 6.45) is 1.63. The first kappa shape index (κ1) is 16.2. The van der Waals surface area contributed by atoms with Crippen molar-refractivity contribution in [3.05, 3.63) is 24.3 Å². The van der Waals surface area contributed by atoms with E-state index in [1.54, 1.807) is 0 Å². The number of nitrogens with one attached hydrogen (secondary N) is 1. The highest BCUT2D eigenvalue weighted by Crippen LogP contribution is 2.31. The molecule has 0 unspecified atom stereocenters. The molecular formula is C17H24N2O4. The predicted molar refractivity (Wildman–Crippen MR) is 86.5 cm³/mol. The minimum Gasteiger partial charge on any atom is -0.492 e. The molecule has 23 heavy (non-hydrogen) atoms. The number of carbonyl (C=O) groups is 1. The number of likely N-dealkylation sites (tertiary alicyclic amines) is 1. The minimum absolute atomic E-state index is 0.0265. The van der Waals surface area contributed by atoms with Gasteiger partial charge in [-0.25, -0.2) is 0 Å². The van der Waals surface area contributed by atoms with E-state index < -0.39 is 5.79 Å². The molecule has 0 aliphatic carbocycles. The second-order valence-electron chi connectivity index (χ2n) is 5.86. The van der Waals surface area contributed by atoms with E-state index in [9.17, 15) is 4.79 Å². The number of para-hydroxylation sites is 2. The van der Waals surface area contributed by atoms with Crippen molar-refractivity contribution in [3.63, 3.8) is 0 Å². The van der Waals surface area contributed by atoms with Gasteiger partial charge in [-0.2, -0.15) is 0 Å². The Morgan fingerprint density at radius 3 is 2.65 bits per heavy atom. The molecule has 6 nitrogen and oxygen atoms in total. The standard InChI is InChI=1S/C17H24N2O4/c1-2-21-15-6-4-3-5-14(15)18-16(20)13-19-9-7-17(8-10-19)22-11-12-23-17/h3-6H,2,7-13H2,1H3,(H,18,20). The van der Waals surface area contributed by atoms with Crippen LogP contribution in [0.25, 0.3) is 0 Å². The van der Waals surface area contributed by atoms with Crippen molar-refractivity contribution in [1.82, 2.24) is 4.90 Å². The van der Waals surface area contributed by atoms with Crippen LogP contribution in [0.3, 0.4) is 0 Å². The Balaban J connectivity index is 1.50. The number of hydrogen-bond acceptors (Lipinski definition) is 5. The zero-order valence-corrected chi connectivity index (χ0v) is 13.5. The van der Waals surface area contributed by atoms with E-state index in [0.717, 1.165) is 31.6 Å². The van der Waals surface area contributed by atoms with Crippen molar-refractivity contribution in [2.45, 2.75) is 25.6 Å². The zero-order valence-electron chi connectivity index (χ0n) is 13.5. The fourth-order valence-electron chi connectivity index (χ4n) is 3.08. The molecule has 1 amide bonds. The fourth-order valence-corrected chi connectivity index (χ4v) is 3.08. The van der Waals surface area contributed by atoms with Crippen molar-refractivity contribution in [3.8, 4) is 5.75 Å². The van der Waals surface area contributed by atoms with E-state index in [4.69, 9.17) is 14.2 Å². The van der Waals surface area contributed by atoms with Crippen molar-refractivity contribution in [2.75, 3.05) is 44.8 Å². The summed E-state index contributed by atoms with van der Waals surface area (Å²) < 4.78 is 16.9. The summed E-state index contributed by atoms with van der Waals surface area (Å²) in [5, 5.41) is 2.94. The molecule has 0 saturated carbocycles. The van der Waals surface area contributed by atoms with Gasteiger partial charge in [0.1, 0.15) is 5.75 Å². The van der Waals surface area contributed by atoms with Crippen molar-refractivity contribution < 1.29 is 19.0 Å². The van der Waals surface area contributed by atoms with Gasteiger partial charge in [-0.05, 0) is 19.1 Å². The maximum Gasteiger partial charge on any atom is 0.238 e. The molecule has 2 aliphatic rings. The van der Waals surface area contributed by atoms with Gasteiger partial charge >= 0.3 is 0 Å². The van der Waals surface area contributed by atoms with Crippen LogP contribution in [0.2, 0.25) is 0 Å². The lowest BCUT2D eigenvalue weighted by Gasteiger charge is -2.37. The molecule has 2 saturated heterocycles. The molecule has 126 valence electrons. The van der Waals surface area contributed by atoms with Gasteiger partial charge in [-0.3, -0.25) is 9.69 Å². The van der Waals surface area contributed by atoms with Gasteiger partial charge in [-0.15, -0.1) is 0 Å². The highest BCUT2D eigenvalue weighted by Gasteiger charge is 2.39. The molecule has 1 aromatic carbocycles. The van der Waals surface area contributed by atoms with Gasteiger partial charge in [0.05, 0.1) is 32.1 Å². The minimum atomic E-state index is -0.394. The summed E-state index contributed by atoms with van der Waals surface area (Å²) >= 11 is 0. The van der Waals surface area contributed by atoms with Crippen LogP contribution < -0.4 is 10.1 Å². The Morgan fingerprint density at radius 2 is 1.96 bits per heavy atom. The highest BCUT2D eigenvalue weighted by molar-refractivity contribution is 5.93. The van der Waals surface area contributed by atoms with Gasteiger partial charge in [0.25, 0.3) is 0 Å². The lowest BCUT2D eigenvalue weighted by Crippen LogP contribution is -2.47. The third-order valence-corrected chi connectivity index (χ3v) is 4.26. The molecular weight excluding hydrogens is 296 g/mol. The van der Waals surface area contributed by atoms with E-state index >= 15 is 0 Å². The van der Waals surface area contributed by atoms with Crippen LogP contribution >= 0.6 is 0 Å². The Hall–Kier alpha value is -1.63. The lowest BCUT2D eigenvalue weighted by atomic mass is 10.0. The smallest absolute Gasteiger partial charge is 0.238 e. The first-order chi connectivity index (χ1) is 11.2. The quantitative estimate of drug-likeness (QED) is 0.897. The van der Waals surface area contributed by atoms with Gasteiger partial charge in [-0.1, -0.05) is 12.1 Å². The van der Waals surface area contributed by atoms with E-state index in [0.29, 0.717) is 32.1 Å². The molecule has 2 fully saturated rings. The number of carbonyl (C=O) groups excluding carboxylic acids is 1. The maximum absolute atomic E-state index is 12.3. The summed E-state index contributed by atoms with van der Waals surface area (Å²) in [4.78, 5) is 14.4. The molecule has 3 rings (SSSR count). The van der Waals surface area contributed by atoms with Crippen LogP contribution in [-0.2, 0) is 14.3 Å². The molecule has 0 radical (unpaired) electrons. The number of piperidine rings is 1. The number of nitrogens with zero attached hydrogens (tertiary/aromatic N) is 1. The summed E-state index contributed by atoms with van der Waals surface area (Å²) in [6.45, 7) is 5.83. The third-order valence-electron chi connectivity index (χ3n) is 4.26. The zero-order chi connectivity index (χ0) is 16.1. The molecule has 1 spiro atoms. The van der Waals surface area contributed by atoms with Crippen molar-refractivity contribution in [2.24, 2.45) is 0 Å². The second-order valence-corrected chi connectivity index (χ2v) is 5.86. The summed E-state index contributed by atoms with van der Waals surface area (Å²) in [6, 6.07) is 7.50. The van der Waals surface area contributed by atoms with Crippen LogP contribution in [0.15, 0.2) is 24.3 Å². The predicted octanol–water partition coefficient (Wildman–Crippen LogP) is 1.86. The van der Waals surface area contributed by atoms with Gasteiger partial charge in [0.2, 0.25) is 5.91 Å². The highest BCUT2D eigenvalue weighted by atomic mass is 16.7. The van der Waals surface area contributed by atoms with E-state index in [1.165, 1.54) is 0 Å². The second kappa shape index (κ2) is 7.29. The van der Waals surface area contributed by atoms with Crippen LogP contribution in [0.4, 0.5) is 5.69 Å². The first-order valence-corrected chi connectivity index (χ1v) is 8.23. The van der Waals surface area contributed by atoms with Crippen molar-refractivity contribution in [1.29, 1.82) is 0 Å². The molecule has 6 heteroatoms. The molecule has 0 bridgehead atoms. The fraction of sp³-hybridized carbons (Fsp3) is 0.588. The monoisotopic (exact) mass is 320 g/mol.